The number of hydrogen-bond donors (Lipinski definition) is 1. The lowest BCUT2D eigenvalue weighted by molar-refractivity contribution is -0.149. The van der Waals surface area contributed by atoms with Crippen molar-refractivity contribution >= 4 is 43.5 Å². The van der Waals surface area contributed by atoms with Crippen molar-refractivity contribution in [1.29, 1.82) is 0 Å². The topological polar surface area (TPSA) is 102 Å². The van der Waals surface area contributed by atoms with Crippen LogP contribution in [0.15, 0.2) is 57.9 Å². The summed E-state index contributed by atoms with van der Waals surface area (Å²) >= 11 is 3.29. The van der Waals surface area contributed by atoms with Gasteiger partial charge in [0.25, 0.3) is 5.91 Å². The van der Waals surface area contributed by atoms with Gasteiger partial charge in [-0.3, -0.25) is 4.79 Å². The Hall–Kier alpha value is -2.43. The molecule has 2 aromatic rings. The molecule has 0 bridgehead atoms. The van der Waals surface area contributed by atoms with Crippen LogP contribution in [0.25, 0.3) is 0 Å². The highest BCUT2D eigenvalue weighted by molar-refractivity contribution is 9.10. The highest BCUT2D eigenvalue weighted by Gasteiger charge is 2.22. The van der Waals surface area contributed by atoms with E-state index in [0.29, 0.717) is 18.8 Å². The van der Waals surface area contributed by atoms with Crippen molar-refractivity contribution in [3.8, 4) is 5.75 Å². The summed E-state index contributed by atoms with van der Waals surface area (Å²) in [6.45, 7) is 3.32. The van der Waals surface area contributed by atoms with Crippen molar-refractivity contribution in [2.75, 3.05) is 31.6 Å². The Morgan fingerprint density at radius 2 is 1.73 bits per heavy atom. The zero-order valence-electron chi connectivity index (χ0n) is 16.6. The number of nitrogens with zero attached hydrogens (tertiary/aromatic N) is 1. The highest BCUT2D eigenvalue weighted by Crippen LogP contribution is 2.20. The van der Waals surface area contributed by atoms with Crippen LogP contribution in [0.3, 0.4) is 0 Å². The Morgan fingerprint density at radius 1 is 1.03 bits per heavy atom. The van der Waals surface area contributed by atoms with Crippen molar-refractivity contribution in [2.45, 2.75) is 18.7 Å². The number of rotatable bonds is 10. The fourth-order valence-electron chi connectivity index (χ4n) is 2.53. The molecule has 0 aromatic heterocycles. The van der Waals surface area contributed by atoms with Crippen LogP contribution in [0, 0.1) is 0 Å². The minimum atomic E-state index is -3.65. The van der Waals surface area contributed by atoms with E-state index in [1.165, 1.54) is 22.5 Å². The first-order valence-corrected chi connectivity index (χ1v) is 11.4. The molecule has 1 N–H and O–H groups in total. The summed E-state index contributed by atoms with van der Waals surface area (Å²) in [5, 5.41) is 2.52. The van der Waals surface area contributed by atoms with Gasteiger partial charge in [0, 0.05) is 23.2 Å². The molecule has 2 rings (SSSR count). The molecule has 0 radical (unpaired) electrons. The van der Waals surface area contributed by atoms with E-state index >= 15 is 0 Å². The third-order valence-electron chi connectivity index (χ3n) is 3.98. The number of benzene rings is 2. The van der Waals surface area contributed by atoms with Crippen molar-refractivity contribution in [3.05, 3.63) is 53.0 Å². The minimum absolute atomic E-state index is 0.0726. The standard InChI is InChI=1S/C20H23BrN2O6S/c1-3-23(4-2)30(26,27)18-10-6-8-16(12-18)22-19(24)13-29-20(25)14-28-17-9-5-7-15(21)11-17/h5-12H,3-4,13-14H2,1-2H3,(H,22,24). The molecule has 0 saturated carbocycles. The Morgan fingerprint density at radius 3 is 2.40 bits per heavy atom. The number of sulfonamides is 1. The number of carbonyl (C=O) groups excluding carboxylic acids is 2. The third-order valence-corrected chi connectivity index (χ3v) is 6.52. The summed E-state index contributed by atoms with van der Waals surface area (Å²) < 4.78 is 37.5. The maximum atomic E-state index is 12.6. The molecule has 0 fully saturated rings. The van der Waals surface area contributed by atoms with Gasteiger partial charge in [-0.2, -0.15) is 4.31 Å². The summed E-state index contributed by atoms with van der Waals surface area (Å²) in [4.78, 5) is 23.9. The van der Waals surface area contributed by atoms with Crippen LogP contribution in [0.5, 0.6) is 5.75 Å². The van der Waals surface area contributed by atoms with Gasteiger partial charge >= 0.3 is 5.97 Å². The predicted octanol–water partition coefficient (Wildman–Crippen LogP) is 3.04. The van der Waals surface area contributed by atoms with Gasteiger partial charge in [0.1, 0.15) is 5.75 Å². The maximum absolute atomic E-state index is 12.6. The molecule has 0 saturated heterocycles. The molecule has 0 atom stereocenters. The van der Waals surface area contributed by atoms with Crippen molar-refractivity contribution in [2.24, 2.45) is 0 Å². The molecular weight excluding hydrogens is 476 g/mol. The molecule has 10 heteroatoms. The zero-order valence-corrected chi connectivity index (χ0v) is 19.0. The Kier molecular flexibility index (Phi) is 8.82. The van der Waals surface area contributed by atoms with Crippen LogP contribution in [0.4, 0.5) is 5.69 Å². The molecule has 0 aliphatic carbocycles. The molecule has 2 aromatic carbocycles. The SMILES string of the molecule is CCN(CC)S(=O)(=O)c1cccc(NC(=O)COC(=O)COc2cccc(Br)c2)c1. The molecule has 0 spiro atoms. The molecule has 30 heavy (non-hydrogen) atoms. The second-order valence-corrected chi connectivity index (χ2v) is 8.93. The van der Waals surface area contributed by atoms with Crippen LogP contribution in [-0.2, 0) is 24.3 Å². The Bertz CT molecular complexity index is 992. The van der Waals surface area contributed by atoms with Gasteiger partial charge in [0.05, 0.1) is 4.90 Å². The normalized spacial score (nSPS) is 11.2. The first kappa shape index (κ1) is 23.8. The molecule has 1 amide bonds. The van der Waals surface area contributed by atoms with Crippen molar-refractivity contribution in [3.63, 3.8) is 0 Å². The number of hydrogen-bond acceptors (Lipinski definition) is 6. The van der Waals surface area contributed by atoms with Gasteiger partial charge in [-0.05, 0) is 36.4 Å². The lowest BCUT2D eigenvalue weighted by Gasteiger charge is -2.18. The van der Waals surface area contributed by atoms with Crippen LogP contribution in [-0.4, -0.2) is 50.9 Å². The molecule has 0 aliphatic heterocycles. The number of amides is 1. The van der Waals surface area contributed by atoms with E-state index in [1.807, 2.05) is 6.07 Å². The molecule has 162 valence electrons. The number of carbonyl (C=O) groups is 2. The van der Waals surface area contributed by atoms with Gasteiger partial charge in [0.2, 0.25) is 10.0 Å². The van der Waals surface area contributed by atoms with Gasteiger partial charge in [-0.1, -0.05) is 41.9 Å². The highest BCUT2D eigenvalue weighted by atomic mass is 79.9. The summed E-state index contributed by atoms with van der Waals surface area (Å²) in [5.74, 6) is -0.816. The number of nitrogens with one attached hydrogen (secondary N) is 1. The number of esters is 1. The second-order valence-electron chi connectivity index (χ2n) is 6.07. The fraction of sp³-hybridized carbons (Fsp3) is 0.300. The Labute approximate surface area is 184 Å². The van der Waals surface area contributed by atoms with E-state index in [2.05, 4.69) is 21.2 Å². The molecule has 0 heterocycles. The van der Waals surface area contributed by atoms with E-state index < -0.39 is 28.5 Å². The van der Waals surface area contributed by atoms with E-state index in [1.54, 1.807) is 38.1 Å². The summed E-state index contributed by atoms with van der Waals surface area (Å²) in [7, 11) is -3.65. The first-order chi connectivity index (χ1) is 14.3. The van der Waals surface area contributed by atoms with Gasteiger partial charge in [-0.25, -0.2) is 13.2 Å². The quantitative estimate of drug-likeness (QED) is 0.505. The molecule has 0 unspecified atom stereocenters. The monoisotopic (exact) mass is 498 g/mol. The average Bonchev–Trinajstić information content (AvgIpc) is 2.71. The van der Waals surface area contributed by atoms with E-state index in [9.17, 15) is 18.0 Å². The smallest absolute Gasteiger partial charge is 0.344 e. The van der Waals surface area contributed by atoms with Crippen LogP contribution in [0.1, 0.15) is 13.8 Å². The average molecular weight is 499 g/mol. The van der Waals surface area contributed by atoms with E-state index in [-0.39, 0.29) is 17.2 Å². The van der Waals surface area contributed by atoms with Crippen molar-refractivity contribution < 1.29 is 27.5 Å². The second kappa shape index (κ2) is 11.1. The molecular formula is C20H23BrN2O6S. The lowest BCUT2D eigenvalue weighted by atomic mass is 10.3. The lowest BCUT2D eigenvalue weighted by Crippen LogP contribution is -2.30. The maximum Gasteiger partial charge on any atom is 0.344 e. The van der Waals surface area contributed by atoms with Crippen LogP contribution < -0.4 is 10.1 Å². The molecule has 0 aliphatic rings. The predicted molar refractivity (Wildman–Crippen MR) is 116 cm³/mol. The summed E-state index contributed by atoms with van der Waals surface area (Å²) in [6, 6.07) is 12.9. The van der Waals surface area contributed by atoms with Crippen LogP contribution in [0.2, 0.25) is 0 Å². The van der Waals surface area contributed by atoms with E-state index in [0.717, 1.165) is 4.47 Å². The summed E-state index contributed by atoms with van der Waals surface area (Å²) in [5.41, 5.74) is 0.287. The first-order valence-electron chi connectivity index (χ1n) is 9.20. The minimum Gasteiger partial charge on any atom is -0.482 e. The zero-order chi connectivity index (χ0) is 22.1. The Balaban J connectivity index is 1.88. The van der Waals surface area contributed by atoms with Gasteiger partial charge < -0.3 is 14.8 Å². The van der Waals surface area contributed by atoms with Crippen molar-refractivity contribution in [1.82, 2.24) is 4.31 Å². The largest absolute Gasteiger partial charge is 0.482 e. The third kappa shape index (κ3) is 6.82. The number of ether oxygens (including phenoxy) is 2. The van der Waals surface area contributed by atoms with Gasteiger partial charge in [0.15, 0.2) is 13.2 Å². The van der Waals surface area contributed by atoms with Crippen LogP contribution >= 0.6 is 15.9 Å². The van der Waals surface area contributed by atoms with Gasteiger partial charge in [-0.15, -0.1) is 0 Å². The molecule has 8 nitrogen and oxygen atoms in total. The number of halogens is 1. The number of anilines is 1. The fourth-order valence-corrected chi connectivity index (χ4v) is 4.41. The summed E-state index contributed by atoms with van der Waals surface area (Å²) in [6.07, 6.45) is 0. The van der Waals surface area contributed by atoms with E-state index in [4.69, 9.17) is 9.47 Å².